The van der Waals surface area contributed by atoms with Gasteiger partial charge in [0, 0.05) is 36.4 Å². The number of nitrogens with zero attached hydrogens (tertiary/aromatic N) is 1. The number of aromatic nitrogens is 1. The zero-order valence-electron chi connectivity index (χ0n) is 11.1. The molecule has 0 aliphatic carbocycles. The summed E-state index contributed by atoms with van der Waals surface area (Å²) >= 11 is 0. The maximum atomic E-state index is 3.41. The van der Waals surface area contributed by atoms with Gasteiger partial charge >= 0.3 is 0 Å². The lowest BCUT2D eigenvalue weighted by molar-refractivity contribution is 0.0615. The maximum Gasteiger partial charge on any atom is 0.0394 e. The fourth-order valence-corrected chi connectivity index (χ4v) is 3.24. The van der Waals surface area contributed by atoms with Crippen LogP contribution in [-0.2, 0) is 6.42 Å². The molecule has 0 bridgehead atoms. The van der Waals surface area contributed by atoms with Crippen LogP contribution in [0.4, 0.5) is 0 Å². The first-order chi connectivity index (χ1) is 7.52. The van der Waals surface area contributed by atoms with Gasteiger partial charge in [-0.15, -0.1) is 0 Å². The van der Waals surface area contributed by atoms with Gasteiger partial charge in [0.25, 0.3) is 0 Å². The minimum Gasteiger partial charge on any atom is -0.365 e. The van der Waals surface area contributed by atoms with Crippen molar-refractivity contribution in [2.75, 3.05) is 0 Å². The lowest BCUT2D eigenvalue weighted by Crippen LogP contribution is -2.47. The number of rotatable bonds is 2. The molecule has 0 saturated heterocycles. The molecule has 2 atom stereocenters. The Bertz CT molecular complexity index is 351. The maximum absolute atomic E-state index is 3.41. The van der Waals surface area contributed by atoms with Crippen molar-refractivity contribution in [3.63, 3.8) is 0 Å². The third-order valence-corrected chi connectivity index (χ3v) is 3.75. The Morgan fingerprint density at radius 2 is 2.00 bits per heavy atom. The largest absolute Gasteiger partial charge is 0.365 e. The molecule has 2 rings (SSSR count). The van der Waals surface area contributed by atoms with E-state index >= 15 is 0 Å². The normalized spacial score (nSPS) is 26.4. The van der Waals surface area contributed by atoms with Gasteiger partial charge < -0.3 is 4.98 Å². The number of aromatic amines is 1. The second kappa shape index (κ2) is 4.25. The van der Waals surface area contributed by atoms with Crippen molar-refractivity contribution in [1.82, 2.24) is 9.88 Å². The van der Waals surface area contributed by atoms with Gasteiger partial charge in [0.15, 0.2) is 0 Å². The Balaban J connectivity index is 2.41. The van der Waals surface area contributed by atoms with E-state index in [9.17, 15) is 0 Å². The Morgan fingerprint density at radius 1 is 1.31 bits per heavy atom. The summed E-state index contributed by atoms with van der Waals surface area (Å²) in [6.07, 6.45) is 3.25. The van der Waals surface area contributed by atoms with Crippen LogP contribution in [0, 0.1) is 5.92 Å². The molecule has 0 saturated carbocycles. The molecule has 0 amide bonds. The molecule has 0 unspecified atom stereocenters. The quantitative estimate of drug-likeness (QED) is 0.809. The molecule has 1 aromatic heterocycles. The standard InChI is InChI=1S/C14H24N2/c1-9(2)14-12-6-7-15-13(12)8-11(5)16(14)10(3)4/h6-7,9-11,14-15H,8H2,1-5H3/t11-,14+/m1/s1. The van der Waals surface area contributed by atoms with Crippen LogP contribution in [0.1, 0.15) is 51.9 Å². The van der Waals surface area contributed by atoms with Crippen LogP contribution >= 0.6 is 0 Å². The van der Waals surface area contributed by atoms with Crippen molar-refractivity contribution in [2.24, 2.45) is 5.92 Å². The second-order valence-electron chi connectivity index (χ2n) is 5.69. The zero-order chi connectivity index (χ0) is 11.9. The average Bonchev–Trinajstić information content (AvgIpc) is 2.61. The van der Waals surface area contributed by atoms with Crippen LogP contribution in [0.3, 0.4) is 0 Å². The highest BCUT2D eigenvalue weighted by atomic mass is 15.2. The Morgan fingerprint density at radius 3 is 2.56 bits per heavy atom. The highest BCUT2D eigenvalue weighted by Gasteiger charge is 2.35. The van der Waals surface area contributed by atoms with Gasteiger partial charge in [-0.05, 0) is 38.3 Å². The first-order valence-corrected chi connectivity index (χ1v) is 6.46. The van der Waals surface area contributed by atoms with E-state index in [1.54, 1.807) is 0 Å². The fourth-order valence-electron chi connectivity index (χ4n) is 3.24. The van der Waals surface area contributed by atoms with Crippen molar-refractivity contribution in [2.45, 2.75) is 59.2 Å². The highest BCUT2D eigenvalue weighted by molar-refractivity contribution is 5.29. The van der Waals surface area contributed by atoms with Crippen molar-refractivity contribution >= 4 is 0 Å². The smallest absolute Gasteiger partial charge is 0.0394 e. The molecule has 0 spiro atoms. The van der Waals surface area contributed by atoms with E-state index in [1.807, 2.05) is 0 Å². The van der Waals surface area contributed by atoms with Gasteiger partial charge in [-0.1, -0.05) is 13.8 Å². The van der Waals surface area contributed by atoms with Crippen LogP contribution in [0.5, 0.6) is 0 Å². The summed E-state index contributed by atoms with van der Waals surface area (Å²) in [5.74, 6) is 0.666. The molecule has 2 heterocycles. The van der Waals surface area contributed by atoms with E-state index < -0.39 is 0 Å². The van der Waals surface area contributed by atoms with Gasteiger partial charge in [-0.25, -0.2) is 0 Å². The summed E-state index contributed by atoms with van der Waals surface area (Å²) < 4.78 is 0. The van der Waals surface area contributed by atoms with Crippen LogP contribution in [0.2, 0.25) is 0 Å². The number of hydrogen-bond acceptors (Lipinski definition) is 1. The molecule has 0 aromatic carbocycles. The molecule has 2 heteroatoms. The fraction of sp³-hybridized carbons (Fsp3) is 0.714. The number of nitrogens with one attached hydrogen (secondary N) is 1. The van der Waals surface area contributed by atoms with E-state index in [2.05, 4.69) is 56.8 Å². The predicted molar refractivity (Wildman–Crippen MR) is 68.5 cm³/mol. The van der Waals surface area contributed by atoms with Gasteiger partial charge in [0.05, 0.1) is 0 Å². The van der Waals surface area contributed by atoms with Crippen LogP contribution in [0.25, 0.3) is 0 Å². The molecular formula is C14H24N2. The lowest BCUT2D eigenvalue weighted by Gasteiger charge is -2.45. The van der Waals surface area contributed by atoms with Crippen molar-refractivity contribution < 1.29 is 0 Å². The third kappa shape index (κ3) is 1.80. The summed E-state index contributed by atoms with van der Waals surface area (Å²) in [5, 5.41) is 0. The third-order valence-electron chi connectivity index (χ3n) is 3.75. The summed E-state index contributed by atoms with van der Waals surface area (Å²) in [5.41, 5.74) is 2.96. The van der Waals surface area contributed by atoms with E-state index in [1.165, 1.54) is 11.3 Å². The predicted octanol–water partition coefficient (Wildman–Crippen LogP) is 3.37. The highest BCUT2D eigenvalue weighted by Crippen LogP contribution is 2.38. The topological polar surface area (TPSA) is 19.0 Å². The molecule has 1 aromatic rings. The Labute approximate surface area is 99.0 Å². The summed E-state index contributed by atoms with van der Waals surface area (Å²) in [7, 11) is 0. The number of fused-ring (bicyclic) bond motifs is 1. The van der Waals surface area contributed by atoms with Gasteiger partial charge in [0.1, 0.15) is 0 Å². The average molecular weight is 220 g/mol. The molecule has 2 nitrogen and oxygen atoms in total. The molecule has 0 radical (unpaired) electrons. The van der Waals surface area contributed by atoms with Crippen LogP contribution in [-0.4, -0.2) is 22.0 Å². The number of H-pyrrole nitrogens is 1. The van der Waals surface area contributed by atoms with Crippen molar-refractivity contribution in [3.05, 3.63) is 23.5 Å². The molecule has 90 valence electrons. The van der Waals surface area contributed by atoms with Crippen molar-refractivity contribution in [3.8, 4) is 0 Å². The summed E-state index contributed by atoms with van der Waals surface area (Å²) in [6, 6.07) is 4.09. The zero-order valence-corrected chi connectivity index (χ0v) is 11.1. The first kappa shape index (κ1) is 11.7. The SMILES string of the molecule is CC(C)[C@H]1c2cc[nH]c2C[C@@H](C)N1C(C)C. The summed E-state index contributed by atoms with van der Waals surface area (Å²) in [4.78, 5) is 6.07. The molecule has 16 heavy (non-hydrogen) atoms. The van der Waals surface area contributed by atoms with Gasteiger partial charge in [-0.2, -0.15) is 0 Å². The minimum atomic E-state index is 0.574. The van der Waals surface area contributed by atoms with E-state index in [-0.39, 0.29) is 0 Å². The second-order valence-corrected chi connectivity index (χ2v) is 5.69. The monoisotopic (exact) mass is 220 g/mol. The molecule has 1 N–H and O–H groups in total. The minimum absolute atomic E-state index is 0.574. The Kier molecular flexibility index (Phi) is 3.11. The van der Waals surface area contributed by atoms with Gasteiger partial charge in [-0.3, -0.25) is 4.90 Å². The van der Waals surface area contributed by atoms with Gasteiger partial charge in [0.2, 0.25) is 0 Å². The van der Waals surface area contributed by atoms with E-state index in [4.69, 9.17) is 0 Å². The van der Waals surface area contributed by atoms with Crippen LogP contribution in [0.15, 0.2) is 12.3 Å². The Hall–Kier alpha value is -0.760. The van der Waals surface area contributed by atoms with E-state index in [0.717, 1.165) is 6.42 Å². The molecule has 1 aliphatic heterocycles. The van der Waals surface area contributed by atoms with Crippen LogP contribution < -0.4 is 0 Å². The molecule has 1 aliphatic rings. The lowest BCUT2D eigenvalue weighted by atomic mass is 9.86. The van der Waals surface area contributed by atoms with Crippen molar-refractivity contribution in [1.29, 1.82) is 0 Å². The van der Waals surface area contributed by atoms with E-state index in [0.29, 0.717) is 24.0 Å². The number of hydrogen-bond donors (Lipinski definition) is 1. The first-order valence-electron chi connectivity index (χ1n) is 6.46. The molecule has 0 fully saturated rings. The summed E-state index contributed by atoms with van der Waals surface area (Å²) in [6.45, 7) is 11.6. The molecular weight excluding hydrogens is 196 g/mol.